The highest BCUT2D eigenvalue weighted by Crippen LogP contribution is 2.33. The van der Waals surface area contributed by atoms with Gasteiger partial charge in [0.15, 0.2) is 5.82 Å². The SMILES string of the molecule is COc1ccccc1C(=O)NNc1ncnc(Oc2cccc3ccccc23)c1N. The van der Waals surface area contributed by atoms with E-state index in [9.17, 15) is 4.79 Å². The largest absolute Gasteiger partial charge is 0.496 e. The minimum absolute atomic E-state index is 0.158. The molecule has 0 spiro atoms. The van der Waals surface area contributed by atoms with Gasteiger partial charge in [-0.3, -0.25) is 15.6 Å². The molecule has 3 aromatic carbocycles. The molecule has 4 N–H and O–H groups in total. The predicted octanol–water partition coefficient (Wildman–Crippen LogP) is 3.77. The molecule has 8 heteroatoms. The van der Waals surface area contributed by atoms with Crippen LogP contribution in [-0.4, -0.2) is 23.0 Å². The van der Waals surface area contributed by atoms with E-state index in [4.69, 9.17) is 15.2 Å². The van der Waals surface area contributed by atoms with Crippen molar-refractivity contribution in [1.29, 1.82) is 0 Å². The van der Waals surface area contributed by atoms with Crippen molar-refractivity contribution in [2.45, 2.75) is 0 Å². The number of hydrogen-bond acceptors (Lipinski definition) is 7. The second-order valence-corrected chi connectivity index (χ2v) is 6.30. The smallest absolute Gasteiger partial charge is 0.273 e. The summed E-state index contributed by atoms with van der Waals surface area (Å²) in [4.78, 5) is 20.7. The van der Waals surface area contributed by atoms with Crippen LogP contribution in [-0.2, 0) is 0 Å². The number of nitrogens with two attached hydrogens (primary N) is 1. The van der Waals surface area contributed by atoms with Gasteiger partial charge in [-0.25, -0.2) is 4.98 Å². The normalized spacial score (nSPS) is 10.4. The van der Waals surface area contributed by atoms with Crippen LogP contribution in [0.4, 0.5) is 11.5 Å². The average Bonchev–Trinajstić information content (AvgIpc) is 2.79. The van der Waals surface area contributed by atoms with E-state index < -0.39 is 5.91 Å². The summed E-state index contributed by atoms with van der Waals surface area (Å²) in [6.07, 6.45) is 1.30. The standard InChI is InChI=1S/C22H19N5O3/c1-29-17-11-5-4-10-16(17)21(28)27-26-20-19(23)22(25-13-24-20)30-18-12-6-8-14-7-2-3-9-15(14)18/h2-13H,23H2,1H3,(H,27,28)(H,24,25,26). The van der Waals surface area contributed by atoms with Crippen LogP contribution in [0, 0.1) is 0 Å². The average molecular weight is 401 g/mol. The number of anilines is 2. The number of rotatable bonds is 6. The number of carbonyl (C=O) groups excluding carboxylic acids is 1. The lowest BCUT2D eigenvalue weighted by atomic mass is 10.1. The number of fused-ring (bicyclic) bond motifs is 1. The molecule has 4 aromatic rings. The van der Waals surface area contributed by atoms with Crippen LogP contribution >= 0.6 is 0 Å². The van der Waals surface area contributed by atoms with Crippen LogP contribution in [0.3, 0.4) is 0 Å². The Morgan fingerprint density at radius 3 is 2.53 bits per heavy atom. The molecule has 0 radical (unpaired) electrons. The number of amides is 1. The molecule has 1 aromatic heterocycles. The van der Waals surface area contributed by atoms with Crippen molar-refractivity contribution < 1.29 is 14.3 Å². The third-order valence-corrected chi connectivity index (χ3v) is 4.45. The Morgan fingerprint density at radius 1 is 0.933 bits per heavy atom. The Kier molecular flexibility index (Phi) is 5.29. The maximum Gasteiger partial charge on any atom is 0.273 e. The monoisotopic (exact) mass is 401 g/mol. The van der Waals surface area contributed by atoms with E-state index in [0.29, 0.717) is 17.1 Å². The third-order valence-electron chi connectivity index (χ3n) is 4.45. The highest BCUT2D eigenvalue weighted by atomic mass is 16.5. The van der Waals surface area contributed by atoms with Gasteiger partial charge in [0, 0.05) is 5.39 Å². The van der Waals surface area contributed by atoms with Crippen molar-refractivity contribution in [2.75, 3.05) is 18.3 Å². The highest BCUT2D eigenvalue weighted by Gasteiger charge is 2.15. The lowest BCUT2D eigenvalue weighted by Crippen LogP contribution is -2.30. The zero-order chi connectivity index (χ0) is 20.9. The molecule has 0 unspecified atom stereocenters. The zero-order valence-electron chi connectivity index (χ0n) is 16.1. The van der Waals surface area contributed by atoms with Crippen molar-refractivity contribution in [1.82, 2.24) is 15.4 Å². The fraction of sp³-hybridized carbons (Fsp3) is 0.0455. The first kappa shape index (κ1) is 19.0. The number of hydrazine groups is 1. The number of benzene rings is 3. The fourth-order valence-corrected chi connectivity index (χ4v) is 2.96. The summed E-state index contributed by atoms with van der Waals surface area (Å²) >= 11 is 0. The number of carbonyl (C=O) groups is 1. The molecule has 0 aliphatic heterocycles. The molecule has 1 heterocycles. The molecule has 0 aliphatic carbocycles. The molecule has 0 saturated heterocycles. The second kappa shape index (κ2) is 8.36. The van der Waals surface area contributed by atoms with E-state index >= 15 is 0 Å². The van der Waals surface area contributed by atoms with Crippen LogP contribution in [0.5, 0.6) is 17.4 Å². The van der Waals surface area contributed by atoms with Crippen LogP contribution in [0.2, 0.25) is 0 Å². The molecule has 0 atom stereocenters. The van der Waals surface area contributed by atoms with Gasteiger partial charge in [0.05, 0.1) is 12.7 Å². The van der Waals surface area contributed by atoms with Crippen LogP contribution < -0.4 is 26.1 Å². The van der Waals surface area contributed by atoms with Gasteiger partial charge in [-0.2, -0.15) is 4.98 Å². The highest BCUT2D eigenvalue weighted by molar-refractivity contribution is 5.97. The summed E-state index contributed by atoms with van der Waals surface area (Å²) < 4.78 is 11.1. The minimum atomic E-state index is -0.401. The Balaban J connectivity index is 1.54. The Morgan fingerprint density at radius 2 is 1.67 bits per heavy atom. The van der Waals surface area contributed by atoms with Gasteiger partial charge in [-0.05, 0) is 23.6 Å². The first-order valence-corrected chi connectivity index (χ1v) is 9.13. The molecule has 0 bridgehead atoms. The molecule has 0 fully saturated rings. The summed E-state index contributed by atoms with van der Waals surface area (Å²) in [6.45, 7) is 0. The lowest BCUT2D eigenvalue weighted by Gasteiger charge is -2.14. The number of nitrogens with zero attached hydrogens (tertiary/aromatic N) is 2. The first-order valence-electron chi connectivity index (χ1n) is 9.13. The minimum Gasteiger partial charge on any atom is -0.496 e. The van der Waals surface area contributed by atoms with Gasteiger partial charge in [0.25, 0.3) is 5.91 Å². The Labute approximate surface area is 172 Å². The summed E-state index contributed by atoms with van der Waals surface area (Å²) in [5.74, 6) is 1.05. The molecule has 30 heavy (non-hydrogen) atoms. The van der Waals surface area contributed by atoms with Crippen molar-refractivity contribution in [3.05, 3.63) is 78.6 Å². The van der Waals surface area contributed by atoms with Crippen LogP contribution in [0.1, 0.15) is 10.4 Å². The van der Waals surface area contributed by atoms with Gasteiger partial charge >= 0.3 is 0 Å². The third kappa shape index (κ3) is 3.79. The molecule has 0 aliphatic rings. The number of aromatic nitrogens is 2. The van der Waals surface area contributed by atoms with Crippen molar-refractivity contribution in [3.63, 3.8) is 0 Å². The van der Waals surface area contributed by atoms with E-state index in [1.807, 2.05) is 42.5 Å². The number of methoxy groups -OCH3 is 1. The summed E-state index contributed by atoms with van der Waals surface area (Å²) in [5.41, 5.74) is 12.0. The fourth-order valence-electron chi connectivity index (χ4n) is 2.96. The summed E-state index contributed by atoms with van der Waals surface area (Å²) in [7, 11) is 1.50. The molecule has 4 rings (SSSR count). The predicted molar refractivity (Wildman–Crippen MR) is 115 cm³/mol. The molecule has 8 nitrogen and oxygen atoms in total. The number of para-hydroxylation sites is 1. The number of nitrogens with one attached hydrogen (secondary N) is 2. The molecule has 150 valence electrons. The van der Waals surface area contributed by atoms with Gasteiger partial charge in [0.2, 0.25) is 5.88 Å². The Hall–Kier alpha value is -4.33. The first-order chi connectivity index (χ1) is 14.7. The quantitative estimate of drug-likeness (QED) is 0.422. The van der Waals surface area contributed by atoms with Gasteiger partial charge in [0.1, 0.15) is 23.5 Å². The van der Waals surface area contributed by atoms with Gasteiger partial charge < -0.3 is 15.2 Å². The van der Waals surface area contributed by atoms with E-state index in [-0.39, 0.29) is 17.4 Å². The van der Waals surface area contributed by atoms with Gasteiger partial charge in [-0.1, -0.05) is 48.5 Å². The van der Waals surface area contributed by atoms with E-state index in [1.165, 1.54) is 13.4 Å². The van der Waals surface area contributed by atoms with Crippen molar-refractivity contribution >= 4 is 28.2 Å². The van der Waals surface area contributed by atoms with Crippen LogP contribution in [0.15, 0.2) is 73.1 Å². The van der Waals surface area contributed by atoms with Crippen LogP contribution in [0.25, 0.3) is 10.8 Å². The number of nitrogen functional groups attached to an aromatic ring is 1. The zero-order valence-corrected chi connectivity index (χ0v) is 16.1. The lowest BCUT2D eigenvalue weighted by molar-refractivity contribution is 0.0959. The maximum atomic E-state index is 12.5. The van der Waals surface area contributed by atoms with E-state index in [0.717, 1.165) is 10.8 Å². The van der Waals surface area contributed by atoms with Gasteiger partial charge in [-0.15, -0.1) is 0 Å². The summed E-state index contributed by atoms with van der Waals surface area (Å²) in [6, 6.07) is 20.4. The summed E-state index contributed by atoms with van der Waals surface area (Å²) in [5, 5.41) is 1.96. The van der Waals surface area contributed by atoms with E-state index in [2.05, 4.69) is 20.8 Å². The maximum absolute atomic E-state index is 12.5. The van der Waals surface area contributed by atoms with E-state index in [1.54, 1.807) is 24.3 Å². The van der Waals surface area contributed by atoms with Crippen molar-refractivity contribution in [2.24, 2.45) is 0 Å². The molecule has 1 amide bonds. The number of hydrogen-bond donors (Lipinski definition) is 3. The molecular formula is C22H19N5O3. The molecular weight excluding hydrogens is 382 g/mol. The van der Waals surface area contributed by atoms with Crippen molar-refractivity contribution in [3.8, 4) is 17.4 Å². The second-order valence-electron chi connectivity index (χ2n) is 6.30. The topological polar surface area (TPSA) is 111 Å². The number of ether oxygens (including phenoxy) is 2. The molecule has 0 saturated carbocycles. The Bertz CT molecular complexity index is 1210.